The number of hydrogen-bond acceptors (Lipinski definition) is 5. The van der Waals surface area contributed by atoms with Gasteiger partial charge in [0.25, 0.3) is 0 Å². The lowest BCUT2D eigenvalue weighted by molar-refractivity contribution is 0.635. The van der Waals surface area contributed by atoms with Crippen LogP contribution in [0, 0.1) is 0 Å². The zero-order valence-corrected chi connectivity index (χ0v) is 14.7. The van der Waals surface area contributed by atoms with Gasteiger partial charge in [0.1, 0.15) is 11.0 Å². The molecule has 0 spiro atoms. The quantitative estimate of drug-likeness (QED) is 0.474. The van der Waals surface area contributed by atoms with E-state index >= 15 is 0 Å². The first kappa shape index (κ1) is 15.2. The van der Waals surface area contributed by atoms with Gasteiger partial charge in [0.05, 0.1) is 0 Å². The molecule has 0 amide bonds. The topological polar surface area (TPSA) is 43.6 Å². The molecule has 1 aliphatic carbocycles. The third-order valence-corrected chi connectivity index (χ3v) is 5.83. The summed E-state index contributed by atoms with van der Waals surface area (Å²) in [5, 5.41) is 12.5. The molecule has 0 N–H and O–H groups in total. The first-order valence-corrected chi connectivity index (χ1v) is 9.73. The molecule has 1 saturated carbocycles. The SMILES string of the molecule is Clc1ccc(CSc2nnc(Cc3cccs3)n2C2CC2)cn1. The molecule has 3 heterocycles. The second-order valence-corrected chi connectivity index (χ2v) is 7.90. The van der Waals surface area contributed by atoms with E-state index in [-0.39, 0.29) is 0 Å². The van der Waals surface area contributed by atoms with Crippen LogP contribution in [0.25, 0.3) is 0 Å². The summed E-state index contributed by atoms with van der Waals surface area (Å²) in [6.45, 7) is 0. The third kappa shape index (κ3) is 3.59. The molecule has 0 aromatic carbocycles. The fourth-order valence-corrected chi connectivity index (χ4v) is 4.21. The minimum atomic E-state index is 0.526. The van der Waals surface area contributed by atoms with E-state index in [9.17, 15) is 0 Å². The second kappa shape index (κ2) is 6.63. The van der Waals surface area contributed by atoms with E-state index in [1.807, 2.05) is 18.3 Å². The maximum absolute atomic E-state index is 5.83. The van der Waals surface area contributed by atoms with Crippen molar-refractivity contribution in [2.45, 2.75) is 36.2 Å². The van der Waals surface area contributed by atoms with Gasteiger partial charge in [0.15, 0.2) is 5.16 Å². The van der Waals surface area contributed by atoms with Gasteiger partial charge in [0.2, 0.25) is 0 Å². The molecule has 23 heavy (non-hydrogen) atoms. The number of halogens is 1. The summed E-state index contributed by atoms with van der Waals surface area (Å²) in [5.74, 6) is 1.90. The fourth-order valence-electron chi connectivity index (χ4n) is 2.43. The molecule has 0 unspecified atom stereocenters. The van der Waals surface area contributed by atoms with E-state index < -0.39 is 0 Å². The van der Waals surface area contributed by atoms with Gasteiger partial charge in [0, 0.05) is 29.3 Å². The molecule has 3 aromatic rings. The van der Waals surface area contributed by atoms with Gasteiger partial charge in [-0.2, -0.15) is 0 Å². The van der Waals surface area contributed by atoms with Crippen molar-refractivity contribution < 1.29 is 0 Å². The lowest BCUT2D eigenvalue weighted by Crippen LogP contribution is -2.03. The first-order chi connectivity index (χ1) is 11.3. The van der Waals surface area contributed by atoms with Crippen molar-refractivity contribution in [1.82, 2.24) is 19.7 Å². The van der Waals surface area contributed by atoms with Gasteiger partial charge in [-0.1, -0.05) is 35.5 Å². The van der Waals surface area contributed by atoms with Crippen LogP contribution in [0.5, 0.6) is 0 Å². The van der Waals surface area contributed by atoms with Gasteiger partial charge in [-0.15, -0.1) is 21.5 Å². The van der Waals surface area contributed by atoms with E-state index in [4.69, 9.17) is 11.6 Å². The Kier molecular flexibility index (Phi) is 4.37. The molecule has 7 heteroatoms. The van der Waals surface area contributed by atoms with E-state index in [1.165, 1.54) is 17.7 Å². The van der Waals surface area contributed by atoms with Gasteiger partial charge < -0.3 is 4.57 Å². The Morgan fingerprint density at radius 3 is 2.87 bits per heavy atom. The van der Waals surface area contributed by atoms with Gasteiger partial charge >= 0.3 is 0 Å². The molecule has 4 nitrogen and oxygen atoms in total. The van der Waals surface area contributed by atoms with Crippen LogP contribution in [0.15, 0.2) is 41.0 Å². The van der Waals surface area contributed by atoms with Gasteiger partial charge in [-0.3, -0.25) is 0 Å². The summed E-state index contributed by atoms with van der Waals surface area (Å²) in [4.78, 5) is 5.46. The molecule has 1 fully saturated rings. The van der Waals surface area contributed by atoms with Crippen molar-refractivity contribution in [2.75, 3.05) is 0 Å². The molecule has 4 rings (SSSR count). The largest absolute Gasteiger partial charge is 0.303 e. The van der Waals surface area contributed by atoms with Crippen molar-refractivity contribution >= 4 is 34.7 Å². The van der Waals surface area contributed by atoms with Crippen LogP contribution >= 0.6 is 34.7 Å². The Labute approximate surface area is 147 Å². The number of thioether (sulfide) groups is 1. The predicted molar refractivity (Wildman–Crippen MR) is 94.2 cm³/mol. The van der Waals surface area contributed by atoms with Crippen molar-refractivity contribution in [1.29, 1.82) is 0 Å². The van der Waals surface area contributed by atoms with Crippen LogP contribution in [0.2, 0.25) is 5.15 Å². The lowest BCUT2D eigenvalue weighted by Gasteiger charge is -2.08. The highest BCUT2D eigenvalue weighted by atomic mass is 35.5. The summed E-state index contributed by atoms with van der Waals surface area (Å²) in [6, 6.07) is 8.65. The molecule has 3 aromatic heterocycles. The average molecular weight is 363 g/mol. The van der Waals surface area contributed by atoms with Crippen LogP contribution in [0.1, 0.15) is 35.1 Å². The molecule has 0 saturated heterocycles. The van der Waals surface area contributed by atoms with Crippen LogP contribution in [0.3, 0.4) is 0 Å². The van der Waals surface area contributed by atoms with Crippen LogP contribution < -0.4 is 0 Å². The maximum Gasteiger partial charge on any atom is 0.191 e. The zero-order chi connectivity index (χ0) is 15.6. The highest BCUT2D eigenvalue weighted by molar-refractivity contribution is 7.98. The van der Waals surface area contributed by atoms with Crippen molar-refractivity contribution in [3.05, 3.63) is 57.3 Å². The summed E-state index contributed by atoms with van der Waals surface area (Å²) in [5.41, 5.74) is 1.14. The Balaban J connectivity index is 1.51. The Hall–Kier alpha value is -1.37. The number of thiophene rings is 1. The third-order valence-electron chi connectivity index (χ3n) is 3.72. The first-order valence-electron chi connectivity index (χ1n) is 7.49. The van der Waals surface area contributed by atoms with Crippen molar-refractivity contribution in [3.63, 3.8) is 0 Å². The highest BCUT2D eigenvalue weighted by Gasteiger charge is 2.29. The molecule has 0 bridgehead atoms. The number of nitrogens with zero attached hydrogens (tertiary/aromatic N) is 4. The van der Waals surface area contributed by atoms with Crippen molar-refractivity contribution in [3.8, 4) is 0 Å². The summed E-state index contributed by atoms with van der Waals surface area (Å²) >= 11 is 9.32. The predicted octanol–water partition coefficient (Wildman–Crippen LogP) is 4.61. The Morgan fingerprint density at radius 1 is 1.26 bits per heavy atom. The Morgan fingerprint density at radius 2 is 2.17 bits per heavy atom. The second-order valence-electron chi connectivity index (χ2n) is 5.53. The molecule has 118 valence electrons. The summed E-state index contributed by atoms with van der Waals surface area (Å²) in [6.07, 6.45) is 5.14. The van der Waals surface area contributed by atoms with E-state index in [0.29, 0.717) is 11.2 Å². The van der Waals surface area contributed by atoms with Crippen LogP contribution in [0.4, 0.5) is 0 Å². The minimum absolute atomic E-state index is 0.526. The van der Waals surface area contributed by atoms with Crippen LogP contribution in [-0.2, 0) is 12.2 Å². The molecule has 1 aliphatic rings. The molecule has 0 atom stereocenters. The lowest BCUT2D eigenvalue weighted by atomic mass is 10.3. The van der Waals surface area contributed by atoms with E-state index in [1.54, 1.807) is 23.1 Å². The van der Waals surface area contributed by atoms with Gasteiger partial charge in [-0.25, -0.2) is 4.98 Å². The molecule has 0 radical (unpaired) electrons. The Bertz CT molecular complexity index is 779. The monoisotopic (exact) mass is 362 g/mol. The molecule has 0 aliphatic heterocycles. The summed E-state index contributed by atoms with van der Waals surface area (Å²) < 4.78 is 2.33. The zero-order valence-electron chi connectivity index (χ0n) is 12.4. The number of aromatic nitrogens is 4. The fraction of sp³-hybridized carbons (Fsp3) is 0.312. The van der Waals surface area contributed by atoms with Crippen molar-refractivity contribution in [2.24, 2.45) is 0 Å². The maximum atomic E-state index is 5.83. The molecular weight excluding hydrogens is 348 g/mol. The number of pyridine rings is 1. The van der Waals surface area contributed by atoms with Gasteiger partial charge in [-0.05, 0) is 35.9 Å². The van der Waals surface area contributed by atoms with E-state index in [0.717, 1.165) is 28.7 Å². The molecular formula is C16H15ClN4S2. The summed E-state index contributed by atoms with van der Waals surface area (Å²) in [7, 11) is 0. The number of hydrogen-bond donors (Lipinski definition) is 0. The van der Waals surface area contributed by atoms with E-state index in [2.05, 4.69) is 37.3 Å². The number of rotatable bonds is 6. The minimum Gasteiger partial charge on any atom is -0.303 e. The standard InChI is InChI=1S/C16H15ClN4S2/c17-14-6-3-11(9-18-14)10-23-16-20-19-15(21(16)12-4-5-12)8-13-2-1-7-22-13/h1-3,6-7,9,12H,4-5,8,10H2. The normalized spacial score (nSPS) is 14.3. The highest BCUT2D eigenvalue weighted by Crippen LogP contribution is 2.39. The average Bonchev–Trinajstić information content (AvgIpc) is 3.11. The smallest absolute Gasteiger partial charge is 0.191 e. The van der Waals surface area contributed by atoms with Crippen LogP contribution in [-0.4, -0.2) is 19.7 Å².